The maximum absolute atomic E-state index is 13.4. The molecule has 5 nitrogen and oxygen atoms in total. The molecule has 0 aliphatic carbocycles. The number of ether oxygens (including phenoxy) is 1. The van der Waals surface area contributed by atoms with Crippen LogP contribution >= 0.6 is 0 Å². The highest BCUT2D eigenvalue weighted by molar-refractivity contribution is 6.04. The summed E-state index contributed by atoms with van der Waals surface area (Å²) in [6, 6.07) is 18.5. The van der Waals surface area contributed by atoms with Crippen molar-refractivity contribution in [2.45, 2.75) is 38.9 Å². The minimum atomic E-state index is -0.692. The molecule has 1 unspecified atom stereocenters. The van der Waals surface area contributed by atoms with E-state index in [4.69, 9.17) is 4.74 Å². The summed E-state index contributed by atoms with van der Waals surface area (Å²) >= 11 is 0. The Balaban J connectivity index is 1.75. The number of methoxy groups -OCH3 is 1. The molecule has 0 aromatic heterocycles. The Morgan fingerprint density at radius 2 is 1.77 bits per heavy atom. The fraction of sp³-hybridized carbons (Fsp3) is 0.280. The summed E-state index contributed by atoms with van der Waals surface area (Å²) in [4.78, 5) is 28.3. The molecular weight excluding hydrogens is 376 g/mol. The van der Waals surface area contributed by atoms with Crippen molar-refractivity contribution in [3.63, 3.8) is 0 Å². The molecule has 0 fully saturated rings. The Labute approximate surface area is 176 Å². The number of amides is 2. The zero-order valence-electron chi connectivity index (χ0n) is 17.7. The van der Waals surface area contributed by atoms with Crippen LogP contribution in [0.1, 0.15) is 48.3 Å². The first kappa shape index (κ1) is 20.0. The van der Waals surface area contributed by atoms with Crippen LogP contribution in [-0.2, 0) is 11.3 Å². The predicted molar refractivity (Wildman–Crippen MR) is 117 cm³/mol. The van der Waals surface area contributed by atoms with Crippen LogP contribution in [0, 0.1) is 0 Å². The van der Waals surface area contributed by atoms with Gasteiger partial charge in [0.1, 0.15) is 11.8 Å². The van der Waals surface area contributed by atoms with E-state index in [0.29, 0.717) is 12.1 Å². The van der Waals surface area contributed by atoms with E-state index in [2.05, 4.69) is 5.32 Å². The lowest BCUT2D eigenvalue weighted by Crippen LogP contribution is -2.47. The molecule has 2 amide bonds. The average Bonchev–Trinajstić information content (AvgIpc) is 3.01. The Morgan fingerprint density at radius 1 is 1.03 bits per heavy atom. The maximum atomic E-state index is 13.4. The van der Waals surface area contributed by atoms with Crippen LogP contribution in [0.15, 0.2) is 60.7 Å². The number of nitrogens with one attached hydrogen (secondary N) is 1. The molecule has 3 aromatic rings. The standard InChI is InChI=1S/C25H26N2O3/c1-25(2,3)26-23(28)22(16-8-6-5-7-9-16)27-15-19-12-18-13-20(30-4)11-10-17(18)14-21(19)24(27)29/h5-14,22H,15H2,1-4H3,(H,26,28). The van der Waals surface area contributed by atoms with Gasteiger partial charge in [-0.2, -0.15) is 0 Å². The normalized spacial score (nSPS) is 14.5. The number of carbonyl (C=O) groups is 2. The van der Waals surface area contributed by atoms with Gasteiger partial charge in [0, 0.05) is 17.6 Å². The molecule has 5 heteroatoms. The van der Waals surface area contributed by atoms with Crippen LogP contribution in [0.3, 0.4) is 0 Å². The van der Waals surface area contributed by atoms with Gasteiger partial charge < -0.3 is 15.0 Å². The summed E-state index contributed by atoms with van der Waals surface area (Å²) in [5.74, 6) is 0.469. The zero-order chi connectivity index (χ0) is 21.5. The van der Waals surface area contributed by atoms with Gasteiger partial charge in [-0.25, -0.2) is 0 Å². The van der Waals surface area contributed by atoms with Gasteiger partial charge >= 0.3 is 0 Å². The second-order valence-electron chi connectivity index (χ2n) is 8.71. The Morgan fingerprint density at radius 3 is 2.43 bits per heavy atom. The van der Waals surface area contributed by atoms with Crippen LogP contribution in [0.5, 0.6) is 5.75 Å². The Kier molecular flexibility index (Phi) is 4.98. The third-order valence-corrected chi connectivity index (χ3v) is 5.27. The van der Waals surface area contributed by atoms with Crippen LogP contribution in [0.2, 0.25) is 0 Å². The van der Waals surface area contributed by atoms with E-state index in [9.17, 15) is 9.59 Å². The maximum Gasteiger partial charge on any atom is 0.255 e. The third-order valence-electron chi connectivity index (χ3n) is 5.27. The lowest BCUT2D eigenvalue weighted by Gasteiger charge is -2.31. The number of fused-ring (bicyclic) bond motifs is 2. The van der Waals surface area contributed by atoms with Crippen molar-refractivity contribution < 1.29 is 14.3 Å². The molecule has 0 radical (unpaired) electrons. The first-order chi connectivity index (χ1) is 14.3. The number of benzene rings is 3. The number of carbonyl (C=O) groups excluding carboxylic acids is 2. The monoisotopic (exact) mass is 402 g/mol. The molecular formula is C25H26N2O3. The highest BCUT2D eigenvalue weighted by Crippen LogP contribution is 2.35. The lowest BCUT2D eigenvalue weighted by atomic mass is 10.0. The van der Waals surface area contributed by atoms with E-state index in [1.54, 1.807) is 12.0 Å². The second kappa shape index (κ2) is 7.48. The van der Waals surface area contributed by atoms with Gasteiger partial charge in [0.15, 0.2) is 0 Å². The molecule has 1 atom stereocenters. The molecule has 30 heavy (non-hydrogen) atoms. The molecule has 0 spiro atoms. The largest absolute Gasteiger partial charge is 0.497 e. The molecule has 3 aromatic carbocycles. The molecule has 154 valence electrons. The molecule has 0 saturated heterocycles. The van der Waals surface area contributed by atoms with E-state index in [-0.39, 0.29) is 11.8 Å². The van der Waals surface area contributed by atoms with Crippen LogP contribution in [-0.4, -0.2) is 29.4 Å². The Bertz CT molecular complexity index is 1120. The van der Waals surface area contributed by atoms with E-state index in [1.165, 1.54) is 0 Å². The van der Waals surface area contributed by atoms with Crippen LogP contribution in [0.25, 0.3) is 10.8 Å². The molecule has 0 saturated carbocycles. The summed E-state index contributed by atoms with van der Waals surface area (Å²) in [6.07, 6.45) is 0. The first-order valence-corrected chi connectivity index (χ1v) is 10.1. The molecule has 4 rings (SSSR count). The van der Waals surface area contributed by atoms with Crippen molar-refractivity contribution >= 4 is 22.6 Å². The van der Waals surface area contributed by atoms with E-state index >= 15 is 0 Å². The van der Waals surface area contributed by atoms with Gasteiger partial charge in [0.2, 0.25) is 5.91 Å². The van der Waals surface area contributed by atoms with E-state index in [1.807, 2.05) is 81.4 Å². The van der Waals surface area contributed by atoms with Gasteiger partial charge in [-0.1, -0.05) is 36.4 Å². The lowest BCUT2D eigenvalue weighted by molar-refractivity contribution is -0.127. The molecule has 0 bridgehead atoms. The van der Waals surface area contributed by atoms with Gasteiger partial charge in [0.05, 0.1) is 7.11 Å². The Hall–Kier alpha value is -3.34. The number of hydrogen-bond acceptors (Lipinski definition) is 3. The minimum Gasteiger partial charge on any atom is -0.497 e. The van der Waals surface area contributed by atoms with Crippen molar-refractivity contribution in [1.82, 2.24) is 10.2 Å². The highest BCUT2D eigenvalue weighted by atomic mass is 16.5. The quantitative estimate of drug-likeness (QED) is 0.701. The molecule has 1 N–H and O–H groups in total. The first-order valence-electron chi connectivity index (χ1n) is 10.1. The summed E-state index contributed by atoms with van der Waals surface area (Å²) in [7, 11) is 1.64. The highest BCUT2D eigenvalue weighted by Gasteiger charge is 2.38. The molecule has 1 heterocycles. The summed E-state index contributed by atoms with van der Waals surface area (Å²) in [5, 5.41) is 5.02. The van der Waals surface area contributed by atoms with Gasteiger partial charge in [-0.3, -0.25) is 9.59 Å². The topological polar surface area (TPSA) is 58.6 Å². The van der Waals surface area contributed by atoms with Crippen molar-refractivity contribution in [3.05, 3.63) is 77.4 Å². The van der Waals surface area contributed by atoms with Crippen LogP contribution in [0.4, 0.5) is 0 Å². The third kappa shape index (κ3) is 3.75. The number of hydrogen-bond donors (Lipinski definition) is 1. The smallest absolute Gasteiger partial charge is 0.255 e. The van der Waals surface area contributed by atoms with Gasteiger partial charge in [-0.15, -0.1) is 0 Å². The zero-order valence-corrected chi connectivity index (χ0v) is 17.7. The average molecular weight is 402 g/mol. The van der Waals surface area contributed by atoms with E-state index in [0.717, 1.165) is 27.6 Å². The fourth-order valence-corrected chi connectivity index (χ4v) is 3.94. The summed E-state index contributed by atoms with van der Waals surface area (Å²) in [5.41, 5.74) is 1.97. The van der Waals surface area contributed by atoms with Gasteiger partial charge in [0.25, 0.3) is 5.91 Å². The number of rotatable bonds is 4. The molecule has 1 aliphatic heterocycles. The fourth-order valence-electron chi connectivity index (χ4n) is 3.94. The summed E-state index contributed by atoms with van der Waals surface area (Å²) in [6.45, 7) is 6.20. The van der Waals surface area contributed by atoms with Crippen molar-refractivity contribution in [2.75, 3.05) is 7.11 Å². The van der Waals surface area contributed by atoms with Crippen molar-refractivity contribution in [3.8, 4) is 5.75 Å². The second-order valence-corrected chi connectivity index (χ2v) is 8.71. The van der Waals surface area contributed by atoms with Crippen molar-refractivity contribution in [1.29, 1.82) is 0 Å². The molecule has 1 aliphatic rings. The predicted octanol–water partition coefficient (Wildman–Crippen LogP) is 4.46. The van der Waals surface area contributed by atoms with E-state index < -0.39 is 11.6 Å². The van der Waals surface area contributed by atoms with Crippen molar-refractivity contribution in [2.24, 2.45) is 0 Å². The van der Waals surface area contributed by atoms with Crippen LogP contribution < -0.4 is 10.1 Å². The summed E-state index contributed by atoms with van der Waals surface area (Å²) < 4.78 is 5.33. The van der Waals surface area contributed by atoms with Gasteiger partial charge in [-0.05, 0) is 66.9 Å². The minimum absolute atomic E-state index is 0.124. The number of nitrogens with zero attached hydrogens (tertiary/aromatic N) is 1. The SMILES string of the molecule is COc1ccc2cc3c(cc2c1)CN(C(C(=O)NC(C)(C)C)c1ccccc1)C3=O.